The highest BCUT2D eigenvalue weighted by molar-refractivity contribution is 7.13. The first kappa shape index (κ1) is 15.1. The van der Waals surface area contributed by atoms with Crippen molar-refractivity contribution in [3.8, 4) is 10.7 Å². The van der Waals surface area contributed by atoms with E-state index in [0.29, 0.717) is 23.6 Å². The van der Waals surface area contributed by atoms with E-state index in [4.69, 9.17) is 5.73 Å². The standard InChI is InChI=1S/C17H16FN5S/c18-12-3-1-6-20-14(12)17(4-2-5-17)10-11-9-13(22-23-15(11)19)16-21-7-8-24-16/h1,3,6-9H,2,4-5,10H2,(H2,19,23). The van der Waals surface area contributed by atoms with Gasteiger partial charge in [-0.2, -0.15) is 0 Å². The third-order valence-electron chi connectivity index (χ3n) is 4.66. The zero-order valence-corrected chi connectivity index (χ0v) is 13.8. The zero-order valence-electron chi connectivity index (χ0n) is 12.9. The molecule has 122 valence electrons. The van der Waals surface area contributed by atoms with Gasteiger partial charge in [-0.1, -0.05) is 6.42 Å². The fourth-order valence-corrected chi connectivity index (χ4v) is 3.87. The highest BCUT2D eigenvalue weighted by Gasteiger charge is 2.42. The molecule has 0 amide bonds. The second kappa shape index (κ2) is 5.90. The molecular weight excluding hydrogens is 325 g/mol. The fraction of sp³-hybridized carbons (Fsp3) is 0.294. The summed E-state index contributed by atoms with van der Waals surface area (Å²) in [6.45, 7) is 0. The van der Waals surface area contributed by atoms with Crippen molar-refractivity contribution in [3.63, 3.8) is 0 Å². The maximum absolute atomic E-state index is 14.3. The number of nitrogens with two attached hydrogens (primary N) is 1. The van der Waals surface area contributed by atoms with E-state index in [-0.39, 0.29) is 11.2 Å². The van der Waals surface area contributed by atoms with Crippen molar-refractivity contribution in [2.75, 3.05) is 5.73 Å². The highest BCUT2D eigenvalue weighted by Crippen LogP contribution is 2.46. The molecule has 1 fully saturated rings. The summed E-state index contributed by atoms with van der Waals surface area (Å²) in [5.74, 6) is 0.135. The Hall–Kier alpha value is -2.41. The zero-order chi connectivity index (χ0) is 16.6. The molecule has 3 aromatic rings. The van der Waals surface area contributed by atoms with E-state index in [2.05, 4.69) is 20.2 Å². The number of pyridine rings is 1. The van der Waals surface area contributed by atoms with Crippen molar-refractivity contribution in [1.29, 1.82) is 0 Å². The van der Waals surface area contributed by atoms with Gasteiger partial charge in [-0.15, -0.1) is 21.5 Å². The van der Waals surface area contributed by atoms with Crippen LogP contribution in [0.15, 0.2) is 36.0 Å². The molecule has 4 rings (SSSR count). The summed E-state index contributed by atoms with van der Waals surface area (Å²) >= 11 is 1.50. The van der Waals surface area contributed by atoms with E-state index >= 15 is 0 Å². The Morgan fingerprint density at radius 1 is 1.21 bits per heavy atom. The van der Waals surface area contributed by atoms with Crippen LogP contribution >= 0.6 is 11.3 Å². The lowest BCUT2D eigenvalue weighted by molar-refractivity contribution is 0.226. The Morgan fingerprint density at radius 3 is 2.75 bits per heavy atom. The van der Waals surface area contributed by atoms with Crippen molar-refractivity contribution in [2.24, 2.45) is 0 Å². The molecule has 0 aromatic carbocycles. The van der Waals surface area contributed by atoms with Crippen molar-refractivity contribution in [2.45, 2.75) is 31.1 Å². The van der Waals surface area contributed by atoms with Gasteiger partial charge in [0, 0.05) is 23.2 Å². The number of aromatic nitrogens is 4. The predicted molar refractivity (Wildman–Crippen MR) is 91.0 cm³/mol. The summed E-state index contributed by atoms with van der Waals surface area (Å²) in [4.78, 5) is 8.57. The third-order valence-corrected chi connectivity index (χ3v) is 5.45. The molecule has 1 aliphatic carbocycles. The number of nitrogen functional groups attached to an aromatic ring is 1. The van der Waals surface area contributed by atoms with E-state index in [9.17, 15) is 4.39 Å². The van der Waals surface area contributed by atoms with Crippen LogP contribution in [-0.4, -0.2) is 20.2 Å². The number of hydrogen-bond acceptors (Lipinski definition) is 6. The van der Waals surface area contributed by atoms with Crippen molar-refractivity contribution in [1.82, 2.24) is 20.2 Å². The maximum atomic E-state index is 14.3. The lowest BCUT2D eigenvalue weighted by Gasteiger charge is -2.41. The molecule has 5 nitrogen and oxygen atoms in total. The Labute approximate surface area is 142 Å². The van der Waals surface area contributed by atoms with Crippen LogP contribution in [0, 0.1) is 5.82 Å². The van der Waals surface area contributed by atoms with E-state index in [1.54, 1.807) is 18.5 Å². The van der Waals surface area contributed by atoms with Crippen LogP contribution in [0.5, 0.6) is 0 Å². The van der Waals surface area contributed by atoms with Crippen molar-refractivity contribution in [3.05, 3.63) is 53.0 Å². The number of anilines is 1. The molecule has 0 atom stereocenters. The lowest BCUT2D eigenvalue weighted by Crippen LogP contribution is -2.38. The van der Waals surface area contributed by atoms with Crippen LogP contribution in [0.2, 0.25) is 0 Å². The second-order valence-corrected chi connectivity index (χ2v) is 7.02. The minimum Gasteiger partial charge on any atom is -0.382 e. The van der Waals surface area contributed by atoms with Gasteiger partial charge in [0.2, 0.25) is 0 Å². The summed E-state index contributed by atoms with van der Waals surface area (Å²) < 4.78 is 14.3. The molecule has 0 saturated heterocycles. The van der Waals surface area contributed by atoms with E-state index < -0.39 is 0 Å². The predicted octanol–water partition coefficient (Wildman–Crippen LogP) is 3.38. The largest absolute Gasteiger partial charge is 0.382 e. The summed E-state index contributed by atoms with van der Waals surface area (Å²) in [5, 5.41) is 10.9. The fourth-order valence-electron chi connectivity index (χ4n) is 3.28. The van der Waals surface area contributed by atoms with E-state index in [1.165, 1.54) is 17.4 Å². The van der Waals surface area contributed by atoms with Crippen molar-refractivity contribution >= 4 is 17.2 Å². The average Bonchev–Trinajstić information content (AvgIpc) is 3.08. The number of halogens is 1. The molecule has 3 aromatic heterocycles. The van der Waals surface area contributed by atoms with Crippen molar-refractivity contribution < 1.29 is 4.39 Å². The third kappa shape index (κ3) is 2.54. The number of hydrogen-bond donors (Lipinski definition) is 1. The summed E-state index contributed by atoms with van der Waals surface area (Å²) in [7, 11) is 0. The molecule has 7 heteroatoms. The van der Waals surface area contributed by atoms with Gasteiger partial charge >= 0.3 is 0 Å². The van der Waals surface area contributed by atoms with Crippen LogP contribution < -0.4 is 5.73 Å². The van der Waals surface area contributed by atoms with Gasteiger partial charge in [-0.05, 0) is 43.0 Å². The Balaban J connectivity index is 1.72. The van der Waals surface area contributed by atoms with Crippen LogP contribution in [0.4, 0.5) is 10.2 Å². The number of rotatable bonds is 4. The van der Waals surface area contributed by atoms with E-state index in [0.717, 1.165) is 29.8 Å². The summed E-state index contributed by atoms with van der Waals surface area (Å²) in [6.07, 6.45) is 6.85. The van der Waals surface area contributed by atoms with Crippen LogP contribution in [-0.2, 0) is 11.8 Å². The van der Waals surface area contributed by atoms with Gasteiger partial charge < -0.3 is 5.73 Å². The highest BCUT2D eigenvalue weighted by atomic mass is 32.1. The normalized spacial score (nSPS) is 15.9. The van der Waals surface area contributed by atoms with Crippen LogP contribution in [0.1, 0.15) is 30.5 Å². The molecule has 0 spiro atoms. The van der Waals surface area contributed by atoms with E-state index in [1.807, 2.05) is 11.4 Å². The first-order chi connectivity index (χ1) is 11.7. The molecule has 3 heterocycles. The van der Waals surface area contributed by atoms with Gasteiger partial charge in [-0.25, -0.2) is 9.37 Å². The maximum Gasteiger partial charge on any atom is 0.149 e. The Morgan fingerprint density at radius 2 is 2.08 bits per heavy atom. The molecule has 0 unspecified atom stereocenters. The van der Waals surface area contributed by atoms with Gasteiger partial charge in [0.05, 0.1) is 5.69 Å². The van der Waals surface area contributed by atoms with Gasteiger partial charge in [0.25, 0.3) is 0 Å². The smallest absolute Gasteiger partial charge is 0.149 e. The van der Waals surface area contributed by atoms with Gasteiger partial charge in [-0.3, -0.25) is 4.98 Å². The molecule has 0 bridgehead atoms. The SMILES string of the molecule is Nc1nnc(-c2nccs2)cc1CC1(c2ncccc2F)CCC1. The second-order valence-electron chi connectivity index (χ2n) is 6.12. The number of nitrogens with zero attached hydrogens (tertiary/aromatic N) is 4. The Kier molecular flexibility index (Phi) is 3.72. The lowest BCUT2D eigenvalue weighted by atomic mass is 9.63. The quantitative estimate of drug-likeness (QED) is 0.787. The minimum atomic E-state index is -0.303. The molecule has 0 radical (unpaired) electrons. The molecular formula is C17H16FN5S. The first-order valence-electron chi connectivity index (χ1n) is 7.81. The monoisotopic (exact) mass is 341 g/mol. The molecule has 0 aliphatic heterocycles. The first-order valence-corrected chi connectivity index (χ1v) is 8.69. The Bertz CT molecular complexity index is 861. The topological polar surface area (TPSA) is 77.6 Å². The van der Waals surface area contributed by atoms with Gasteiger partial charge in [0.1, 0.15) is 22.3 Å². The van der Waals surface area contributed by atoms with Crippen LogP contribution in [0.25, 0.3) is 10.7 Å². The van der Waals surface area contributed by atoms with Gasteiger partial charge in [0.15, 0.2) is 0 Å². The molecule has 24 heavy (non-hydrogen) atoms. The molecule has 2 N–H and O–H groups in total. The molecule has 1 aliphatic rings. The number of thiazole rings is 1. The minimum absolute atomic E-state index is 0.252. The summed E-state index contributed by atoms with van der Waals surface area (Å²) in [5.41, 5.74) is 7.84. The average molecular weight is 341 g/mol. The molecule has 1 saturated carbocycles. The van der Waals surface area contributed by atoms with Crippen LogP contribution in [0.3, 0.4) is 0 Å². The summed E-state index contributed by atoms with van der Waals surface area (Å²) in [6, 6.07) is 5.01.